The van der Waals surface area contributed by atoms with E-state index in [0.717, 1.165) is 0 Å². The van der Waals surface area contributed by atoms with Crippen LogP contribution in [0.15, 0.2) is 0 Å². The molecule has 0 aromatic rings. The molecule has 0 unspecified atom stereocenters. The Morgan fingerprint density at radius 3 is 0.923 bits per heavy atom. The van der Waals surface area contributed by atoms with Crippen LogP contribution in [0.1, 0.15) is 13.8 Å². The molecular formula is C3H7Br7Si3. The molecule has 80 valence electrons. The van der Waals surface area contributed by atoms with Crippen molar-refractivity contribution in [3.05, 3.63) is 0 Å². The summed E-state index contributed by atoms with van der Waals surface area (Å²) in [5, 5.41) is 0. The van der Waals surface area contributed by atoms with Crippen LogP contribution in [-0.2, 0) is 0 Å². The van der Waals surface area contributed by atoms with Crippen molar-refractivity contribution in [3.63, 3.8) is 0 Å². The molecule has 0 N–H and O–H groups in total. The molecule has 0 aromatic carbocycles. The minimum absolute atomic E-state index is 0.613. The predicted octanol–water partition coefficient (Wildman–Crippen LogP) is 6.14. The summed E-state index contributed by atoms with van der Waals surface area (Å²) in [6, 6.07) is 0. The molecule has 0 radical (unpaired) electrons. The Morgan fingerprint density at radius 1 is 0.692 bits per heavy atom. The fourth-order valence-corrected chi connectivity index (χ4v) is 148. The van der Waals surface area contributed by atoms with Crippen molar-refractivity contribution in [1.82, 2.24) is 0 Å². The summed E-state index contributed by atoms with van der Waals surface area (Å²) in [5.74, 6) is 0. The minimum Gasteiger partial charge on any atom is -0.126 e. The maximum atomic E-state index is 3.97. The zero-order valence-electron chi connectivity index (χ0n) is 6.72. The van der Waals surface area contributed by atoms with Crippen molar-refractivity contribution in [2.75, 3.05) is 0 Å². The van der Waals surface area contributed by atoms with E-state index >= 15 is 0 Å². The van der Waals surface area contributed by atoms with Gasteiger partial charge >= 0.3 is 0 Å². The Balaban J connectivity index is 5.22. The summed E-state index contributed by atoms with van der Waals surface area (Å²) in [7, 11) is 0. The van der Waals surface area contributed by atoms with E-state index in [2.05, 4.69) is 121 Å². The van der Waals surface area contributed by atoms with E-state index in [9.17, 15) is 0 Å². The Kier molecular flexibility index (Phi) is 7.55. The fourth-order valence-electron chi connectivity index (χ4n) is 0.815. The monoisotopic (exact) mass is 679 g/mol. The lowest BCUT2D eigenvalue weighted by molar-refractivity contribution is 1.06. The van der Waals surface area contributed by atoms with Gasteiger partial charge in [-0.1, -0.05) is 106 Å². The van der Waals surface area contributed by atoms with Gasteiger partial charge in [0, 0.05) is 0 Å². The SMILES string of the molecule is CC(C)[Si](Br)([Si](Br)(Br)Br)[Si](Br)(Br)Br. The second-order valence-electron chi connectivity index (χ2n) is 2.86. The molecule has 0 nitrogen and oxygen atoms in total. The van der Waals surface area contributed by atoms with E-state index in [1.807, 2.05) is 0 Å². The van der Waals surface area contributed by atoms with Gasteiger partial charge in [-0.25, -0.2) is 0 Å². The molecular weight excluding hydrogens is 680 g/mol. The molecule has 0 heterocycles. The third-order valence-corrected chi connectivity index (χ3v) is 116. The number of halogens is 7. The maximum absolute atomic E-state index is 3.97. The summed E-state index contributed by atoms with van der Waals surface area (Å²) < 4.78 is -3.39. The molecule has 10 heteroatoms. The molecule has 0 bridgehead atoms. The topological polar surface area (TPSA) is 0 Å². The second-order valence-corrected chi connectivity index (χ2v) is 80.0. The molecule has 0 fully saturated rings. The van der Waals surface area contributed by atoms with E-state index < -0.39 is 12.6 Å². The molecule has 13 heavy (non-hydrogen) atoms. The minimum atomic E-state index is -1.70. The average Bonchev–Trinajstić information content (AvgIpc) is 1.80. The van der Waals surface area contributed by atoms with Gasteiger partial charge < -0.3 is 0 Å². The predicted molar refractivity (Wildman–Crippen MR) is 94.8 cm³/mol. The molecule has 0 atom stereocenters. The summed E-state index contributed by atoms with van der Waals surface area (Å²) in [5.41, 5.74) is -1.03. The quantitative estimate of drug-likeness (QED) is 0.247. The summed E-state index contributed by atoms with van der Waals surface area (Å²) >= 11 is 26.6. The van der Waals surface area contributed by atoms with Gasteiger partial charge in [0.1, 0.15) is 0 Å². The molecule has 0 aliphatic rings. The first-order valence-corrected chi connectivity index (χ1v) is 27.1. The zero-order valence-corrected chi connectivity index (χ0v) is 20.8. The van der Waals surface area contributed by atoms with Crippen LogP contribution < -0.4 is 0 Å². The average molecular weight is 687 g/mol. The smallest absolute Gasteiger partial charge is 0.126 e. The largest absolute Gasteiger partial charge is 0.267 e. The molecule has 0 rings (SSSR count). The van der Waals surface area contributed by atoms with Gasteiger partial charge in [-0.15, -0.1) is 15.3 Å². The summed E-state index contributed by atoms with van der Waals surface area (Å²) in [4.78, 5) is 0. The summed E-state index contributed by atoms with van der Waals surface area (Å²) in [6.45, 7) is 4.50. The van der Waals surface area contributed by atoms with Crippen molar-refractivity contribution >= 4 is 120 Å². The van der Waals surface area contributed by atoms with Gasteiger partial charge in [0.25, 0.3) is 6.90 Å². The Hall–Kier alpha value is 4.01. The highest BCUT2D eigenvalue weighted by Crippen LogP contribution is 2.56. The van der Waals surface area contributed by atoms with Crippen molar-refractivity contribution in [2.45, 2.75) is 19.4 Å². The van der Waals surface area contributed by atoms with Crippen LogP contribution in [0.3, 0.4) is 0 Å². The van der Waals surface area contributed by atoms with Crippen LogP contribution in [0, 0.1) is 0 Å². The lowest BCUT2D eigenvalue weighted by atomic mass is 10.6. The Bertz CT molecular complexity index is 166. The van der Waals surface area contributed by atoms with Crippen molar-refractivity contribution in [3.8, 4) is 0 Å². The van der Waals surface area contributed by atoms with Gasteiger partial charge in [0.15, 0.2) is 5.73 Å². The van der Waals surface area contributed by atoms with E-state index in [1.54, 1.807) is 0 Å². The van der Waals surface area contributed by atoms with E-state index in [1.165, 1.54) is 0 Å². The fraction of sp³-hybridized carbons (Fsp3) is 1.00. The Labute approximate surface area is 136 Å². The first-order chi connectivity index (χ1) is 5.44. The lowest BCUT2D eigenvalue weighted by Crippen LogP contribution is -2.61. The van der Waals surface area contributed by atoms with Gasteiger partial charge in [-0.05, 0) is 5.54 Å². The van der Waals surface area contributed by atoms with Crippen molar-refractivity contribution < 1.29 is 0 Å². The summed E-state index contributed by atoms with van der Waals surface area (Å²) in [6.07, 6.45) is 0. The van der Waals surface area contributed by atoms with Crippen LogP contribution in [-0.4, -0.2) is 12.6 Å². The van der Waals surface area contributed by atoms with Crippen LogP contribution in [0.5, 0.6) is 0 Å². The molecule has 0 aliphatic carbocycles. The first kappa shape index (κ1) is 17.0. The van der Waals surface area contributed by atoms with Crippen LogP contribution in [0.4, 0.5) is 0 Å². The molecule has 0 amide bonds. The van der Waals surface area contributed by atoms with Crippen LogP contribution >= 0.6 is 107 Å². The molecule has 0 saturated carbocycles. The maximum Gasteiger partial charge on any atom is 0.267 e. The first-order valence-electron chi connectivity index (χ1n) is 3.27. The number of rotatable bonds is 3. The van der Waals surface area contributed by atoms with Crippen LogP contribution in [0.2, 0.25) is 5.54 Å². The van der Waals surface area contributed by atoms with Gasteiger partial charge in [-0.2, -0.15) is 0 Å². The van der Waals surface area contributed by atoms with E-state index in [0.29, 0.717) is 5.54 Å². The number of hydrogen-bond donors (Lipinski definition) is 0. The zero-order chi connectivity index (χ0) is 11.1. The normalized spacial score (nSPS) is 15.2. The van der Waals surface area contributed by atoms with Gasteiger partial charge in [0.05, 0.1) is 0 Å². The van der Waals surface area contributed by atoms with Crippen molar-refractivity contribution in [2.24, 2.45) is 0 Å². The third kappa shape index (κ3) is 4.01. The van der Waals surface area contributed by atoms with Crippen LogP contribution in [0.25, 0.3) is 0 Å². The number of hydrogen-bond acceptors (Lipinski definition) is 0. The lowest BCUT2D eigenvalue weighted by Gasteiger charge is -2.39. The highest BCUT2D eigenvalue weighted by molar-refractivity contribution is 9.83. The molecule has 0 aliphatic heterocycles. The van der Waals surface area contributed by atoms with E-state index in [4.69, 9.17) is 0 Å². The van der Waals surface area contributed by atoms with Gasteiger partial charge in [-0.3, -0.25) is 0 Å². The van der Waals surface area contributed by atoms with Gasteiger partial charge in [0.2, 0.25) is 0 Å². The van der Waals surface area contributed by atoms with Crippen molar-refractivity contribution in [1.29, 1.82) is 0 Å². The molecule has 0 saturated heterocycles. The highest BCUT2D eigenvalue weighted by Gasteiger charge is 2.64. The Morgan fingerprint density at radius 2 is 0.923 bits per heavy atom. The molecule has 0 aromatic heterocycles. The third-order valence-electron chi connectivity index (χ3n) is 1.62. The molecule has 0 spiro atoms. The highest BCUT2D eigenvalue weighted by atomic mass is 80.0. The standard InChI is InChI=1S/C3H7Br7Si3/c1-3(2)11(4,12(5,6)7)13(8,9)10/h3H,1-2H3. The van der Waals surface area contributed by atoms with E-state index in [-0.39, 0.29) is 0 Å². The second kappa shape index (κ2) is 5.77.